The molecule has 8 heteroatoms. The Bertz CT molecular complexity index is 413. The molecule has 0 heterocycles. The highest BCUT2D eigenvalue weighted by Gasteiger charge is 2.18. The fraction of sp³-hybridized carbons (Fsp3) is 0.786. The molecule has 0 bridgehead atoms. The van der Waals surface area contributed by atoms with Crippen molar-refractivity contribution in [2.24, 2.45) is 4.99 Å². The molecule has 0 radical (unpaired) electrons. The maximum Gasteiger partial charge on any atom is 0.397 e. The lowest BCUT2D eigenvalue weighted by molar-refractivity contribution is -0.909. The number of unbranched alkanes of at least 4 members (excludes halogenated alkanes) is 2. The van der Waals surface area contributed by atoms with Crippen molar-refractivity contribution in [1.82, 2.24) is 0 Å². The molecule has 7 nitrogen and oxygen atoms in total. The molecule has 0 aromatic carbocycles. The molecular formula is C14H30N2O5S. The van der Waals surface area contributed by atoms with Crippen LogP contribution in [0.1, 0.15) is 39.5 Å². The minimum absolute atomic E-state index is 0.197. The summed E-state index contributed by atoms with van der Waals surface area (Å²) in [6, 6.07) is 0. The number of hydrogen-bond donors (Lipinski definition) is 1. The van der Waals surface area contributed by atoms with E-state index in [2.05, 4.69) is 36.6 Å². The largest absolute Gasteiger partial charge is 0.859 e. The lowest BCUT2D eigenvalue weighted by atomic mass is 10.2. The maximum atomic E-state index is 11.1. The molecule has 0 saturated heterocycles. The Morgan fingerprint density at radius 3 is 2.00 bits per heavy atom. The molecule has 0 amide bonds. The Morgan fingerprint density at radius 1 is 1.32 bits per heavy atom. The number of nitrogens with zero attached hydrogens (tertiary/aromatic N) is 2. The third-order valence-corrected chi connectivity index (χ3v) is 3.48. The van der Waals surface area contributed by atoms with Gasteiger partial charge in [-0.1, -0.05) is 39.3 Å². The molecule has 0 aromatic heterocycles. The third kappa shape index (κ3) is 15.4. The van der Waals surface area contributed by atoms with Crippen molar-refractivity contribution in [2.75, 3.05) is 33.9 Å². The molecule has 0 aliphatic rings. The Hall–Kier alpha value is -0.960. The highest BCUT2D eigenvalue weighted by atomic mass is 32.3. The summed E-state index contributed by atoms with van der Waals surface area (Å²) in [6.45, 7) is 10.6. The molecule has 1 N–H and O–H groups in total. The average molecular weight is 338 g/mol. The highest BCUT2D eigenvalue weighted by molar-refractivity contribution is 7.80. The fourth-order valence-electron chi connectivity index (χ4n) is 1.64. The summed E-state index contributed by atoms with van der Waals surface area (Å²) >= 11 is 0. The van der Waals surface area contributed by atoms with Gasteiger partial charge in [0.25, 0.3) is 0 Å². The van der Waals surface area contributed by atoms with E-state index in [1.165, 1.54) is 31.8 Å². The molecule has 0 unspecified atom stereocenters. The van der Waals surface area contributed by atoms with Crippen LogP contribution in [0, 0.1) is 0 Å². The SMILES string of the molecule is C=CC([O-])=NC[N+](C)(CCCC)CCCC.COS(=O)(=O)O. The summed E-state index contributed by atoms with van der Waals surface area (Å²) in [7, 11) is -1.11. The van der Waals surface area contributed by atoms with Gasteiger partial charge in [0.05, 0.1) is 27.2 Å². The predicted octanol–water partition coefficient (Wildman–Crippen LogP) is 1.37. The van der Waals surface area contributed by atoms with Crippen LogP contribution in [0.5, 0.6) is 0 Å². The zero-order chi connectivity index (χ0) is 17.6. The molecule has 0 saturated carbocycles. The summed E-state index contributed by atoms with van der Waals surface area (Å²) in [4.78, 5) is 4.04. The van der Waals surface area contributed by atoms with E-state index in [0.29, 0.717) is 6.67 Å². The van der Waals surface area contributed by atoms with Crippen LogP contribution in [0.15, 0.2) is 17.6 Å². The van der Waals surface area contributed by atoms with Crippen LogP contribution in [-0.4, -0.2) is 57.3 Å². The molecule has 0 aromatic rings. The fourth-order valence-corrected chi connectivity index (χ4v) is 1.64. The highest BCUT2D eigenvalue weighted by Crippen LogP contribution is 2.09. The Morgan fingerprint density at radius 2 is 1.73 bits per heavy atom. The molecule has 0 fully saturated rings. The smallest absolute Gasteiger partial charge is 0.397 e. The predicted molar refractivity (Wildman–Crippen MR) is 86.8 cm³/mol. The third-order valence-electron chi connectivity index (χ3n) is 3.06. The first-order valence-corrected chi connectivity index (χ1v) is 8.71. The summed E-state index contributed by atoms with van der Waals surface area (Å²) < 4.78 is 30.6. The summed E-state index contributed by atoms with van der Waals surface area (Å²) in [5.74, 6) is -0.197. The molecular weight excluding hydrogens is 308 g/mol. The van der Waals surface area contributed by atoms with Gasteiger partial charge >= 0.3 is 10.4 Å². The normalized spacial score (nSPS) is 12.5. The van der Waals surface area contributed by atoms with Crippen molar-refractivity contribution in [2.45, 2.75) is 39.5 Å². The van der Waals surface area contributed by atoms with Crippen LogP contribution in [0.3, 0.4) is 0 Å². The van der Waals surface area contributed by atoms with Crippen molar-refractivity contribution in [3.63, 3.8) is 0 Å². The topological polar surface area (TPSA) is 99.0 Å². The van der Waals surface area contributed by atoms with E-state index in [1.807, 2.05) is 0 Å². The van der Waals surface area contributed by atoms with Crippen molar-refractivity contribution >= 4 is 16.3 Å². The van der Waals surface area contributed by atoms with Crippen molar-refractivity contribution in [3.05, 3.63) is 12.7 Å². The molecule has 0 spiro atoms. The Balaban J connectivity index is 0. The van der Waals surface area contributed by atoms with E-state index in [1.54, 1.807) is 0 Å². The van der Waals surface area contributed by atoms with Crippen molar-refractivity contribution in [1.29, 1.82) is 0 Å². The Labute approximate surface area is 134 Å². The second-order valence-electron chi connectivity index (χ2n) is 5.21. The first kappa shape index (κ1) is 23.3. The second kappa shape index (κ2) is 12.6. The van der Waals surface area contributed by atoms with E-state index >= 15 is 0 Å². The first-order chi connectivity index (χ1) is 10.1. The van der Waals surface area contributed by atoms with Crippen LogP contribution in [0.2, 0.25) is 0 Å². The molecule has 22 heavy (non-hydrogen) atoms. The second-order valence-corrected chi connectivity index (χ2v) is 6.40. The lowest BCUT2D eigenvalue weighted by Gasteiger charge is -2.33. The van der Waals surface area contributed by atoms with Gasteiger partial charge in [-0.25, -0.2) is 4.99 Å². The van der Waals surface area contributed by atoms with Gasteiger partial charge in [-0.3, -0.25) is 8.74 Å². The van der Waals surface area contributed by atoms with Gasteiger partial charge in [-0.05, 0) is 18.7 Å². The average Bonchev–Trinajstić information content (AvgIpc) is 2.48. The van der Waals surface area contributed by atoms with Crippen LogP contribution in [0.4, 0.5) is 0 Å². The van der Waals surface area contributed by atoms with Crippen LogP contribution < -0.4 is 5.11 Å². The van der Waals surface area contributed by atoms with Gasteiger partial charge in [0.2, 0.25) is 0 Å². The van der Waals surface area contributed by atoms with E-state index in [9.17, 15) is 13.5 Å². The minimum atomic E-state index is -4.16. The number of hydrogen-bond acceptors (Lipinski definition) is 5. The van der Waals surface area contributed by atoms with Crippen LogP contribution in [0.25, 0.3) is 0 Å². The van der Waals surface area contributed by atoms with E-state index < -0.39 is 10.4 Å². The molecule has 0 rings (SSSR count). The van der Waals surface area contributed by atoms with E-state index in [0.717, 1.165) is 24.7 Å². The molecule has 0 atom stereocenters. The Kier molecular flexibility index (Phi) is 13.3. The van der Waals surface area contributed by atoms with Gasteiger partial charge < -0.3 is 9.59 Å². The number of quaternary nitrogens is 1. The van der Waals surface area contributed by atoms with Gasteiger partial charge in [0, 0.05) is 0 Å². The lowest BCUT2D eigenvalue weighted by Crippen LogP contribution is -2.46. The standard InChI is InChI=1S/C13H26N2O.CH4O4S/c1-5-8-10-15(4,11-9-6-2)12-14-13(16)7-3;1-5-6(2,3)4/h7H,3,5-6,8-12H2,1-2,4H3;1H3,(H,2,3,4). The van der Waals surface area contributed by atoms with Gasteiger partial charge in [0.15, 0.2) is 6.67 Å². The zero-order valence-electron chi connectivity index (χ0n) is 14.1. The first-order valence-electron chi connectivity index (χ1n) is 7.34. The number of aliphatic imine (C=N–C) groups is 1. The van der Waals surface area contributed by atoms with Crippen molar-refractivity contribution < 1.29 is 26.7 Å². The van der Waals surface area contributed by atoms with E-state index in [4.69, 9.17) is 4.55 Å². The quantitative estimate of drug-likeness (QED) is 0.281. The summed E-state index contributed by atoms with van der Waals surface area (Å²) in [5, 5.41) is 11.1. The van der Waals surface area contributed by atoms with Crippen LogP contribution >= 0.6 is 0 Å². The number of rotatable bonds is 10. The van der Waals surface area contributed by atoms with Gasteiger partial charge in [0.1, 0.15) is 0 Å². The maximum absolute atomic E-state index is 11.1. The van der Waals surface area contributed by atoms with Gasteiger partial charge in [-0.15, -0.1) is 0 Å². The van der Waals surface area contributed by atoms with E-state index in [-0.39, 0.29) is 5.90 Å². The van der Waals surface area contributed by atoms with Gasteiger partial charge in [-0.2, -0.15) is 8.42 Å². The summed E-state index contributed by atoms with van der Waals surface area (Å²) in [5.41, 5.74) is 0. The minimum Gasteiger partial charge on any atom is -0.859 e. The molecule has 0 aliphatic carbocycles. The molecule has 132 valence electrons. The van der Waals surface area contributed by atoms with Crippen molar-refractivity contribution in [3.8, 4) is 0 Å². The zero-order valence-corrected chi connectivity index (χ0v) is 14.9. The monoisotopic (exact) mass is 338 g/mol. The summed E-state index contributed by atoms with van der Waals surface area (Å²) in [6.07, 6.45) is 6.05. The molecule has 0 aliphatic heterocycles. The van der Waals surface area contributed by atoms with Crippen LogP contribution in [-0.2, 0) is 14.6 Å².